The summed E-state index contributed by atoms with van der Waals surface area (Å²) in [7, 11) is 0. The second kappa shape index (κ2) is 5.87. The summed E-state index contributed by atoms with van der Waals surface area (Å²) in [5, 5.41) is 4.79. The zero-order valence-corrected chi connectivity index (χ0v) is 12.0. The van der Waals surface area contributed by atoms with Crippen LogP contribution in [0, 0.1) is 0 Å². The van der Waals surface area contributed by atoms with E-state index >= 15 is 0 Å². The highest BCUT2D eigenvalue weighted by Gasteiger charge is 2.16. The van der Waals surface area contributed by atoms with Crippen molar-refractivity contribution >= 4 is 40.5 Å². The minimum absolute atomic E-state index is 0.0242. The molecule has 1 heterocycles. The molecule has 2 aromatic rings. The van der Waals surface area contributed by atoms with Crippen molar-refractivity contribution in [1.82, 2.24) is 0 Å². The first-order valence-corrected chi connectivity index (χ1v) is 6.69. The van der Waals surface area contributed by atoms with E-state index in [2.05, 4.69) is 12.2 Å². The fraction of sp³-hybridized carbons (Fsp3) is 0.231. The lowest BCUT2D eigenvalue weighted by atomic mass is 10.1. The summed E-state index contributed by atoms with van der Waals surface area (Å²) in [6.45, 7) is 2.05. The van der Waals surface area contributed by atoms with Crippen molar-refractivity contribution in [3.05, 3.63) is 51.4 Å². The Morgan fingerprint density at radius 2 is 1.89 bits per heavy atom. The number of halogens is 3. The van der Waals surface area contributed by atoms with Gasteiger partial charge in [0.25, 0.3) is 0 Å². The van der Waals surface area contributed by atoms with Crippen molar-refractivity contribution < 1.29 is 4.42 Å². The first-order chi connectivity index (χ1) is 8.61. The topological polar surface area (TPSA) is 25.2 Å². The summed E-state index contributed by atoms with van der Waals surface area (Å²) < 4.78 is 5.39. The average Bonchev–Trinajstić information content (AvgIpc) is 2.81. The lowest BCUT2D eigenvalue weighted by molar-refractivity contribution is 0.474. The monoisotopic (exact) mass is 303 g/mol. The van der Waals surface area contributed by atoms with E-state index in [0.717, 1.165) is 12.2 Å². The highest BCUT2D eigenvalue weighted by molar-refractivity contribution is 6.41. The Balaban J connectivity index is 2.28. The van der Waals surface area contributed by atoms with Gasteiger partial charge in [0.1, 0.15) is 5.76 Å². The van der Waals surface area contributed by atoms with Crippen LogP contribution in [0.25, 0.3) is 0 Å². The third-order valence-corrected chi connectivity index (χ3v) is 3.43. The van der Waals surface area contributed by atoms with Gasteiger partial charge >= 0.3 is 0 Å². The van der Waals surface area contributed by atoms with Crippen LogP contribution in [0.3, 0.4) is 0 Å². The largest absolute Gasteiger partial charge is 0.467 e. The molecule has 0 saturated heterocycles. The Labute approximate surface area is 121 Å². The first kappa shape index (κ1) is 13.6. The minimum Gasteiger partial charge on any atom is -0.467 e. The second-order valence-corrected chi connectivity index (χ2v) is 5.12. The summed E-state index contributed by atoms with van der Waals surface area (Å²) in [5.41, 5.74) is 0.672. The summed E-state index contributed by atoms with van der Waals surface area (Å²) in [6.07, 6.45) is 2.49. The molecule has 1 unspecified atom stereocenters. The van der Waals surface area contributed by atoms with Crippen molar-refractivity contribution in [1.29, 1.82) is 0 Å². The predicted molar refractivity (Wildman–Crippen MR) is 76.8 cm³/mol. The van der Waals surface area contributed by atoms with Crippen LogP contribution in [0.5, 0.6) is 0 Å². The van der Waals surface area contributed by atoms with E-state index in [1.165, 1.54) is 0 Å². The molecule has 0 saturated carbocycles. The molecule has 0 aliphatic heterocycles. The quantitative estimate of drug-likeness (QED) is 0.772. The molecule has 0 fully saturated rings. The summed E-state index contributed by atoms with van der Waals surface area (Å²) >= 11 is 18.1. The molecule has 0 radical (unpaired) electrons. The van der Waals surface area contributed by atoms with Crippen molar-refractivity contribution in [3.63, 3.8) is 0 Å². The Bertz CT molecular complexity index is 502. The molecule has 1 N–H and O–H groups in total. The fourth-order valence-electron chi connectivity index (χ4n) is 1.72. The second-order valence-electron chi connectivity index (χ2n) is 3.87. The lowest BCUT2D eigenvalue weighted by Gasteiger charge is -2.18. The van der Waals surface area contributed by atoms with Gasteiger partial charge in [-0.1, -0.05) is 41.7 Å². The molecule has 0 aliphatic carbocycles. The van der Waals surface area contributed by atoms with Crippen molar-refractivity contribution in [2.75, 3.05) is 5.32 Å². The van der Waals surface area contributed by atoms with Gasteiger partial charge in [-0.25, -0.2) is 0 Å². The van der Waals surface area contributed by atoms with Crippen LogP contribution in [0.4, 0.5) is 5.69 Å². The molecule has 0 amide bonds. The SMILES string of the molecule is CCC(Nc1c(Cl)cc(Cl)cc1Cl)c1ccco1. The molecular weight excluding hydrogens is 293 g/mol. The summed E-state index contributed by atoms with van der Waals surface area (Å²) in [6, 6.07) is 7.11. The van der Waals surface area contributed by atoms with Gasteiger partial charge < -0.3 is 9.73 Å². The molecule has 5 heteroatoms. The van der Waals surface area contributed by atoms with E-state index in [1.807, 2.05) is 12.1 Å². The zero-order valence-electron chi connectivity index (χ0n) is 9.71. The summed E-state index contributed by atoms with van der Waals surface area (Å²) in [4.78, 5) is 0. The molecular formula is C13H12Cl3NO. The van der Waals surface area contributed by atoms with E-state index in [4.69, 9.17) is 39.2 Å². The number of nitrogens with one attached hydrogen (secondary N) is 1. The Morgan fingerprint density at radius 1 is 1.22 bits per heavy atom. The molecule has 1 atom stereocenters. The van der Waals surface area contributed by atoms with Gasteiger partial charge in [0.05, 0.1) is 28.0 Å². The van der Waals surface area contributed by atoms with Gasteiger partial charge in [-0.3, -0.25) is 0 Å². The standard InChI is InChI=1S/C13H12Cl3NO/c1-2-11(12-4-3-5-18-12)17-13-9(15)6-8(14)7-10(13)16/h3-7,11,17H,2H2,1H3. The smallest absolute Gasteiger partial charge is 0.125 e. The van der Waals surface area contributed by atoms with Gasteiger partial charge in [-0.2, -0.15) is 0 Å². The van der Waals surface area contributed by atoms with Crippen LogP contribution >= 0.6 is 34.8 Å². The Kier molecular flexibility index (Phi) is 4.44. The number of anilines is 1. The van der Waals surface area contributed by atoms with E-state index < -0.39 is 0 Å². The van der Waals surface area contributed by atoms with E-state index in [1.54, 1.807) is 18.4 Å². The maximum absolute atomic E-state index is 6.14. The van der Waals surface area contributed by atoms with Gasteiger partial charge in [0.15, 0.2) is 0 Å². The zero-order chi connectivity index (χ0) is 13.1. The minimum atomic E-state index is 0.0242. The molecule has 0 bridgehead atoms. The van der Waals surface area contributed by atoms with Crippen molar-refractivity contribution in [3.8, 4) is 0 Å². The molecule has 18 heavy (non-hydrogen) atoms. The maximum Gasteiger partial charge on any atom is 0.125 e. The predicted octanol–water partition coefficient (Wildman–Crippen LogP) is 5.80. The van der Waals surface area contributed by atoms with Crippen LogP contribution in [-0.2, 0) is 0 Å². The maximum atomic E-state index is 6.14. The van der Waals surface area contributed by atoms with Crippen LogP contribution in [-0.4, -0.2) is 0 Å². The number of benzene rings is 1. The molecule has 2 rings (SSSR count). The third kappa shape index (κ3) is 2.94. The van der Waals surface area contributed by atoms with E-state index in [0.29, 0.717) is 20.8 Å². The van der Waals surface area contributed by atoms with Crippen LogP contribution in [0.1, 0.15) is 25.1 Å². The highest BCUT2D eigenvalue weighted by Crippen LogP contribution is 2.36. The van der Waals surface area contributed by atoms with Gasteiger partial charge in [-0.15, -0.1) is 0 Å². The number of furan rings is 1. The molecule has 96 valence electrons. The number of hydrogen-bond donors (Lipinski definition) is 1. The molecule has 1 aromatic heterocycles. The number of hydrogen-bond acceptors (Lipinski definition) is 2. The van der Waals surface area contributed by atoms with Crippen LogP contribution < -0.4 is 5.32 Å². The summed E-state index contributed by atoms with van der Waals surface area (Å²) in [5.74, 6) is 0.847. The third-order valence-electron chi connectivity index (χ3n) is 2.62. The van der Waals surface area contributed by atoms with Crippen molar-refractivity contribution in [2.24, 2.45) is 0 Å². The lowest BCUT2D eigenvalue weighted by Crippen LogP contribution is -2.09. The average molecular weight is 305 g/mol. The van der Waals surface area contributed by atoms with Gasteiger partial charge in [0, 0.05) is 5.02 Å². The molecule has 2 nitrogen and oxygen atoms in total. The molecule has 0 spiro atoms. The number of rotatable bonds is 4. The van der Waals surface area contributed by atoms with E-state index in [9.17, 15) is 0 Å². The Morgan fingerprint density at radius 3 is 2.39 bits per heavy atom. The normalized spacial score (nSPS) is 12.4. The van der Waals surface area contributed by atoms with E-state index in [-0.39, 0.29) is 6.04 Å². The van der Waals surface area contributed by atoms with Gasteiger partial charge in [0.2, 0.25) is 0 Å². The highest BCUT2D eigenvalue weighted by atomic mass is 35.5. The molecule has 0 aliphatic rings. The first-order valence-electron chi connectivity index (χ1n) is 5.56. The fourth-order valence-corrected chi connectivity index (χ4v) is 2.64. The van der Waals surface area contributed by atoms with Gasteiger partial charge in [-0.05, 0) is 30.7 Å². The van der Waals surface area contributed by atoms with Crippen LogP contribution in [0.2, 0.25) is 15.1 Å². The van der Waals surface area contributed by atoms with Crippen molar-refractivity contribution in [2.45, 2.75) is 19.4 Å². The van der Waals surface area contributed by atoms with Crippen LogP contribution in [0.15, 0.2) is 34.9 Å². The Hall–Kier alpha value is -0.830. The molecule has 1 aromatic carbocycles.